The Balaban J connectivity index is 2.14. The molecular weight excluding hydrogens is 282 g/mol. The number of nitro groups is 1. The molecule has 110 valence electrons. The molecule has 1 fully saturated rings. The van der Waals surface area contributed by atoms with E-state index in [1.54, 1.807) is 0 Å². The van der Waals surface area contributed by atoms with Crippen molar-refractivity contribution in [2.75, 3.05) is 12.3 Å². The number of hydrogen-bond donors (Lipinski definition) is 2. The van der Waals surface area contributed by atoms with Crippen LogP contribution in [0.15, 0.2) is 23.1 Å². The van der Waals surface area contributed by atoms with E-state index < -0.39 is 14.9 Å². The normalized spacial score (nSPS) is 16.9. The molecule has 7 nitrogen and oxygen atoms in total. The van der Waals surface area contributed by atoms with E-state index in [0.717, 1.165) is 31.0 Å². The molecular formula is C12H17N3O4S. The Hall–Kier alpha value is -1.67. The van der Waals surface area contributed by atoms with E-state index in [0.29, 0.717) is 12.5 Å². The van der Waals surface area contributed by atoms with Gasteiger partial charge in [0, 0.05) is 18.7 Å². The van der Waals surface area contributed by atoms with Gasteiger partial charge in [0.05, 0.1) is 10.6 Å². The number of rotatable bonds is 6. The van der Waals surface area contributed by atoms with Crippen LogP contribution in [0.4, 0.5) is 11.4 Å². The smallest absolute Gasteiger partial charge is 0.271 e. The third kappa shape index (κ3) is 3.26. The van der Waals surface area contributed by atoms with E-state index in [1.807, 2.05) is 6.92 Å². The third-order valence-corrected chi connectivity index (χ3v) is 5.01. The van der Waals surface area contributed by atoms with Crippen LogP contribution in [0.2, 0.25) is 0 Å². The zero-order valence-corrected chi connectivity index (χ0v) is 11.9. The fraction of sp³-hybridized carbons (Fsp3) is 0.500. The first-order valence-corrected chi connectivity index (χ1v) is 7.83. The number of anilines is 1. The van der Waals surface area contributed by atoms with Crippen LogP contribution in [0.5, 0.6) is 0 Å². The quantitative estimate of drug-likeness (QED) is 0.469. The lowest BCUT2D eigenvalue weighted by atomic mass is 10.1. The fourth-order valence-electron chi connectivity index (χ4n) is 2.04. The van der Waals surface area contributed by atoms with Crippen molar-refractivity contribution in [3.63, 3.8) is 0 Å². The van der Waals surface area contributed by atoms with Crippen molar-refractivity contribution in [3.05, 3.63) is 28.3 Å². The zero-order chi connectivity index (χ0) is 14.9. The Labute approximate surface area is 117 Å². The van der Waals surface area contributed by atoms with Gasteiger partial charge in [-0.1, -0.05) is 6.92 Å². The monoisotopic (exact) mass is 299 g/mol. The van der Waals surface area contributed by atoms with E-state index in [-0.39, 0.29) is 22.2 Å². The minimum Gasteiger partial charge on any atom is -0.397 e. The molecule has 1 unspecified atom stereocenters. The number of nitrogens with one attached hydrogen (secondary N) is 1. The van der Waals surface area contributed by atoms with E-state index in [9.17, 15) is 18.5 Å². The van der Waals surface area contributed by atoms with Crippen molar-refractivity contribution in [2.45, 2.75) is 24.7 Å². The van der Waals surface area contributed by atoms with E-state index in [1.165, 1.54) is 0 Å². The molecule has 1 aromatic rings. The van der Waals surface area contributed by atoms with Gasteiger partial charge in [0.1, 0.15) is 4.90 Å². The third-order valence-electron chi connectivity index (χ3n) is 3.52. The molecule has 1 atom stereocenters. The first-order chi connectivity index (χ1) is 9.31. The molecule has 0 bridgehead atoms. The number of hydrogen-bond acceptors (Lipinski definition) is 5. The summed E-state index contributed by atoms with van der Waals surface area (Å²) < 4.78 is 26.7. The van der Waals surface area contributed by atoms with Gasteiger partial charge in [-0.2, -0.15) is 0 Å². The van der Waals surface area contributed by atoms with Gasteiger partial charge >= 0.3 is 0 Å². The molecule has 20 heavy (non-hydrogen) atoms. The largest absolute Gasteiger partial charge is 0.397 e. The predicted molar refractivity (Wildman–Crippen MR) is 74.6 cm³/mol. The van der Waals surface area contributed by atoms with Crippen LogP contribution in [0.25, 0.3) is 0 Å². The average molecular weight is 299 g/mol. The van der Waals surface area contributed by atoms with Crippen LogP contribution in [-0.2, 0) is 10.0 Å². The number of sulfonamides is 1. The van der Waals surface area contributed by atoms with Crippen LogP contribution in [0.3, 0.4) is 0 Å². The number of nitrogens with two attached hydrogens (primary N) is 1. The van der Waals surface area contributed by atoms with Gasteiger partial charge in [0.2, 0.25) is 10.0 Å². The summed E-state index contributed by atoms with van der Waals surface area (Å²) in [5.74, 6) is 0.871. The summed E-state index contributed by atoms with van der Waals surface area (Å²) in [7, 11) is -3.73. The average Bonchev–Trinajstić information content (AvgIpc) is 3.19. The van der Waals surface area contributed by atoms with Crippen molar-refractivity contribution in [1.29, 1.82) is 0 Å². The van der Waals surface area contributed by atoms with Gasteiger partial charge in [-0.05, 0) is 30.7 Å². The summed E-state index contributed by atoms with van der Waals surface area (Å²) in [5, 5.41) is 10.6. The number of nitro benzene ring substituents is 1. The highest BCUT2D eigenvalue weighted by Crippen LogP contribution is 2.36. The lowest BCUT2D eigenvalue weighted by molar-refractivity contribution is -0.384. The summed E-state index contributed by atoms with van der Waals surface area (Å²) in [6.07, 6.45) is 2.28. The van der Waals surface area contributed by atoms with Crippen molar-refractivity contribution in [3.8, 4) is 0 Å². The first-order valence-electron chi connectivity index (χ1n) is 6.35. The van der Waals surface area contributed by atoms with Crippen LogP contribution >= 0.6 is 0 Å². The topological polar surface area (TPSA) is 115 Å². The Morgan fingerprint density at radius 3 is 2.65 bits per heavy atom. The van der Waals surface area contributed by atoms with Crippen LogP contribution in [0, 0.1) is 22.0 Å². The lowest BCUT2D eigenvalue weighted by Gasteiger charge is -2.13. The van der Waals surface area contributed by atoms with Crippen LogP contribution in [-0.4, -0.2) is 19.9 Å². The summed E-state index contributed by atoms with van der Waals surface area (Å²) in [4.78, 5) is 9.86. The zero-order valence-electron chi connectivity index (χ0n) is 11.1. The minimum atomic E-state index is -3.73. The SMILES string of the molecule is CC(CNS(=O)(=O)c1ccc([N+](=O)[O-])cc1N)C1CC1. The second kappa shape index (κ2) is 5.37. The molecule has 3 N–H and O–H groups in total. The maximum Gasteiger partial charge on any atom is 0.271 e. The molecule has 0 heterocycles. The predicted octanol–water partition coefficient (Wildman–Crippen LogP) is 1.50. The van der Waals surface area contributed by atoms with Crippen molar-refractivity contribution in [2.24, 2.45) is 11.8 Å². The second-order valence-electron chi connectivity index (χ2n) is 5.15. The van der Waals surface area contributed by atoms with Gasteiger partial charge in [0.25, 0.3) is 5.69 Å². The minimum absolute atomic E-state index is 0.119. The Morgan fingerprint density at radius 1 is 1.50 bits per heavy atom. The molecule has 0 amide bonds. The summed E-state index contributed by atoms with van der Waals surface area (Å²) >= 11 is 0. The molecule has 1 aromatic carbocycles. The molecule has 0 aliphatic heterocycles. The van der Waals surface area contributed by atoms with Crippen LogP contribution < -0.4 is 10.5 Å². The standard InChI is InChI=1S/C12H17N3O4S/c1-8(9-2-3-9)7-14-20(18,19)12-5-4-10(15(16)17)6-11(12)13/h4-6,8-9,14H,2-3,7,13H2,1H3. The van der Waals surface area contributed by atoms with Gasteiger partial charge in [-0.15, -0.1) is 0 Å². The summed E-state index contributed by atoms with van der Waals surface area (Å²) in [6.45, 7) is 2.35. The molecule has 0 aromatic heterocycles. The second-order valence-corrected chi connectivity index (χ2v) is 6.88. The van der Waals surface area contributed by atoms with Crippen LogP contribution in [0.1, 0.15) is 19.8 Å². The molecule has 1 aliphatic carbocycles. The molecule has 0 radical (unpaired) electrons. The van der Waals surface area contributed by atoms with Gasteiger partial charge in [-0.3, -0.25) is 10.1 Å². The maximum atomic E-state index is 12.1. The molecule has 1 saturated carbocycles. The van der Waals surface area contributed by atoms with Crippen molar-refractivity contribution >= 4 is 21.4 Å². The Bertz CT molecular complexity index is 626. The van der Waals surface area contributed by atoms with Gasteiger partial charge < -0.3 is 5.73 Å². The fourth-order valence-corrected chi connectivity index (χ4v) is 3.30. The number of nitrogens with zero attached hydrogens (tertiary/aromatic N) is 1. The highest BCUT2D eigenvalue weighted by atomic mass is 32.2. The first kappa shape index (κ1) is 14.7. The molecule has 1 aliphatic rings. The molecule has 0 saturated heterocycles. The molecule has 0 spiro atoms. The molecule has 2 rings (SSSR count). The highest BCUT2D eigenvalue weighted by Gasteiger charge is 2.29. The van der Waals surface area contributed by atoms with E-state index >= 15 is 0 Å². The maximum absolute atomic E-state index is 12.1. The number of benzene rings is 1. The number of nitrogen functional groups attached to an aromatic ring is 1. The summed E-state index contributed by atoms with van der Waals surface area (Å²) in [6, 6.07) is 3.35. The van der Waals surface area contributed by atoms with E-state index in [2.05, 4.69) is 4.72 Å². The van der Waals surface area contributed by atoms with Gasteiger partial charge in [-0.25, -0.2) is 13.1 Å². The Morgan fingerprint density at radius 2 is 2.15 bits per heavy atom. The van der Waals surface area contributed by atoms with Crippen molar-refractivity contribution in [1.82, 2.24) is 4.72 Å². The van der Waals surface area contributed by atoms with Crippen molar-refractivity contribution < 1.29 is 13.3 Å². The Kier molecular flexibility index (Phi) is 3.96. The van der Waals surface area contributed by atoms with E-state index in [4.69, 9.17) is 5.73 Å². The summed E-state index contributed by atoms with van der Waals surface area (Å²) in [5.41, 5.74) is 5.25. The lowest BCUT2D eigenvalue weighted by Crippen LogP contribution is -2.29. The number of non-ortho nitro benzene ring substituents is 1. The highest BCUT2D eigenvalue weighted by molar-refractivity contribution is 7.89. The van der Waals surface area contributed by atoms with Gasteiger partial charge in [0.15, 0.2) is 0 Å². The molecule has 8 heteroatoms.